The topological polar surface area (TPSA) is 46.5 Å². The number of hydrogen-bond donors (Lipinski definition) is 1. The zero-order valence-electron chi connectivity index (χ0n) is 30.1. The molecule has 0 heterocycles. The largest absolute Gasteiger partial charge is 0.465 e. The number of esters is 1. The zero-order valence-corrected chi connectivity index (χ0v) is 30.1. The number of carbonyl (C=O) groups is 1. The summed E-state index contributed by atoms with van der Waals surface area (Å²) in [5.41, 5.74) is 2.38. The maximum atomic E-state index is 14.6. The van der Waals surface area contributed by atoms with Crippen molar-refractivity contribution < 1.29 is 14.6 Å². The molecule has 8 aliphatic carbocycles. The molecule has 8 aliphatic rings. The Morgan fingerprint density at radius 1 is 0.867 bits per heavy atom. The van der Waals surface area contributed by atoms with Gasteiger partial charge in [0.25, 0.3) is 0 Å². The molecule has 0 spiro atoms. The molecule has 0 saturated heterocycles. The lowest BCUT2D eigenvalue weighted by Crippen LogP contribution is -2.65. The van der Waals surface area contributed by atoms with E-state index in [-0.39, 0.29) is 39.1 Å². The van der Waals surface area contributed by atoms with Crippen molar-refractivity contribution in [2.24, 2.45) is 79.8 Å². The molecule has 3 nitrogen and oxygen atoms in total. The molecule has 4 unspecified atom stereocenters. The predicted octanol–water partition coefficient (Wildman–Crippen LogP) is 10.2. The van der Waals surface area contributed by atoms with Gasteiger partial charge in [0.05, 0.1) is 18.1 Å². The maximum Gasteiger partial charge on any atom is 0.312 e. The first-order valence-electron chi connectivity index (χ1n) is 19.8. The SMILES string of the molecule is C[C@H]1[C@H](C)CC[C@]2(C(=O)OCCC34CCC5CC(CC5C3)C4)CC[C@]3(C)C(=CC[C@@H]4[C@@]5(C)CC[C@H](O)C(C)(C)[C@@H]5CC[C@]43C)[C@H]12. The average molecular weight is 619 g/mol. The summed E-state index contributed by atoms with van der Waals surface area (Å²) in [7, 11) is 0. The van der Waals surface area contributed by atoms with E-state index >= 15 is 0 Å². The van der Waals surface area contributed by atoms with Gasteiger partial charge in [-0.2, -0.15) is 0 Å². The highest BCUT2D eigenvalue weighted by Gasteiger charge is 2.69. The van der Waals surface area contributed by atoms with Crippen LogP contribution in [0.2, 0.25) is 0 Å². The summed E-state index contributed by atoms with van der Waals surface area (Å²) in [5, 5.41) is 11.1. The molecule has 0 aromatic heterocycles. The third-order valence-electron chi connectivity index (χ3n) is 18.6. The van der Waals surface area contributed by atoms with E-state index < -0.39 is 0 Å². The number of aliphatic hydroxyl groups excluding tert-OH is 1. The lowest BCUT2D eigenvalue weighted by molar-refractivity contribution is -0.207. The molecule has 0 aromatic carbocycles. The van der Waals surface area contributed by atoms with Gasteiger partial charge in [0.15, 0.2) is 0 Å². The van der Waals surface area contributed by atoms with Crippen molar-refractivity contribution in [2.45, 2.75) is 157 Å². The summed E-state index contributed by atoms with van der Waals surface area (Å²) >= 11 is 0. The summed E-state index contributed by atoms with van der Waals surface area (Å²) in [5.74, 6) is 5.79. The smallest absolute Gasteiger partial charge is 0.312 e. The number of hydrogen-bond acceptors (Lipinski definition) is 3. The van der Waals surface area contributed by atoms with Gasteiger partial charge in [-0.15, -0.1) is 0 Å². The fourth-order valence-corrected chi connectivity index (χ4v) is 15.7. The Morgan fingerprint density at radius 3 is 2.44 bits per heavy atom. The van der Waals surface area contributed by atoms with Crippen molar-refractivity contribution in [2.75, 3.05) is 6.61 Å². The number of aliphatic hydroxyl groups is 1. The van der Waals surface area contributed by atoms with Crippen molar-refractivity contribution in [1.29, 1.82) is 0 Å². The van der Waals surface area contributed by atoms with Crippen LogP contribution in [0.5, 0.6) is 0 Å². The van der Waals surface area contributed by atoms with E-state index in [2.05, 4.69) is 54.5 Å². The molecular weight excluding hydrogens is 552 g/mol. The molecule has 3 heteroatoms. The van der Waals surface area contributed by atoms with Gasteiger partial charge in [0.2, 0.25) is 0 Å². The van der Waals surface area contributed by atoms with Crippen LogP contribution in [0.3, 0.4) is 0 Å². The van der Waals surface area contributed by atoms with E-state index in [4.69, 9.17) is 4.74 Å². The molecule has 14 atom stereocenters. The second-order valence-corrected chi connectivity index (χ2v) is 20.4. The third kappa shape index (κ3) is 4.13. The van der Waals surface area contributed by atoms with E-state index in [1.54, 1.807) is 5.57 Å². The van der Waals surface area contributed by atoms with Gasteiger partial charge in [-0.3, -0.25) is 4.79 Å². The van der Waals surface area contributed by atoms with Crippen molar-refractivity contribution in [1.82, 2.24) is 0 Å². The van der Waals surface area contributed by atoms with Gasteiger partial charge >= 0.3 is 5.97 Å². The highest BCUT2D eigenvalue weighted by Crippen LogP contribution is 2.76. The minimum Gasteiger partial charge on any atom is -0.465 e. The van der Waals surface area contributed by atoms with Gasteiger partial charge in [0, 0.05) is 0 Å². The van der Waals surface area contributed by atoms with Crippen LogP contribution in [0.15, 0.2) is 11.6 Å². The molecule has 252 valence electrons. The Kier molecular flexibility index (Phi) is 7.06. The molecule has 8 rings (SSSR count). The normalized spacial score (nSPS) is 55.9. The molecule has 45 heavy (non-hydrogen) atoms. The molecule has 0 aromatic rings. The second kappa shape index (κ2) is 10.1. The molecular formula is C42H66O3. The van der Waals surface area contributed by atoms with E-state index in [0.717, 1.165) is 69.1 Å². The van der Waals surface area contributed by atoms with E-state index in [1.807, 2.05) is 0 Å². The van der Waals surface area contributed by atoms with Crippen molar-refractivity contribution >= 4 is 5.97 Å². The molecule has 7 fully saturated rings. The van der Waals surface area contributed by atoms with Gasteiger partial charge in [-0.25, -0.2) is 0 Å². The van der Waals surface area contributed by atoms with Gasteiger partial charge in [0.1, 0.15) is 0 Å². The molecule has 3 bridgehead atoms. The highest BCUT2D eigenvalue weighted by atomic mass is 16.5. The predicted molar refractivity (Wildman–Crippen MR) is 181 cm³/mol. The van der Waals surface area contributed by atoms with Crippen molar-refractivity contribution in [3.63, 3.8) is 0 Å². The third-order valence-corrected chi connectivity index (χ3v) is 18.6. The van der Waals surface area contributed by atoms with E-state index in [1.165, 1.54) is 51.4 Å². The molecule has 0 amide bonds. The van der Waals surface area contributed by atoms with Gasteiger partial charge in [-0.05, 0) is 177 Å². The zero-order chi connectivity index (χ0) is 31.8. The van der Waals surface area contributed by atoms with Crippen LogP contribution in [0.4, 0.5) is 0 Å². The first kappa shape index (κ1) is 31.4. The summed E-state index contributed by atoms with van der Waals surface area (Å²) < 4.78 is 6.54. The first-order chi connectivity index (χ1) is 21.2. The Balaban J connectivity index is 1.07. The van der Waals surface area contributed by atoms with Gasteiger partial charge in [-0.1, -0.05) is 60.1 Å². The highest BCUT2D eigenvalue weighted by molar-refractivity contribution is 5.79. The summed E-state index contributed by atoms with van der Waals surface area (Å²) in [4.78, 5) is 14.6. The minimum absolute atomic E-state index is 0.0197. The molecule has 7 saturated carbocycles. The Morgan fingerprint density at radius 2 is 1.64 bits per heavy atom. The number of carbonyl (C=O) groups excluding carboxylic acids is 1. The Labute approximate surface area is 275 Å². The maximum absolute atomic E-state index is 14.6. The summed E-state index contributed by atoms with van der Waals surface area (Å²) in [6, 6.07) is 0. The minimum atomic E-state index is -0.334. The average Bonchev–Trinajstić information content (AvgIpc) is 3.21. The fourth-order valence-electron chi connectivity index (χ4n) is 15.7. The Bertz CT molecular complexity index is 1250. The second-order valence-electron chi connectivity index (χ2n) is 20.4. The van der Waals surface area contributed by atoms with Crippen molar-refractivity contribution in [3.05, 3.63) is 11.6 Å². The fraction of sp³-hybridized carbons (Fsp3) is 0.929. The quantitative estimate of drug-likeness (QED) is 0.252. The number of ether oxygens (including phenoxy) is 1. The monoisotopic (exact) mass is 619 g/mol. The number of allylic oxidation sites excluding steroid dienone is 2. The lowest BCUT2D eigenvalue weighted by Gasteiger charge is -2.71. The van der Waals surface area contributed by atoms with Crippen molar-refractivity contribution in [3.8, 4) is 0 Å². The van der Waals surface area contributed by atoms with Gasteiger partial charge < -0.3 is 9.84 Å². The van der Waals surface area contributed by atoms with Crippen LogP contribution in [0.25, 0.3) is 0 Å². The molecule has 1 N–H and O–H groups in total. The summed E-state index contributed by atoms with van der Waals surface area (Å²) in [6.07, 6.45) is 22.2. The van der Waals surface area contributed by atoms with Crippen LogP contribution >= 0.6 is 0 Å². The number of rotatable bonds is 4. The van der Waals surface area contributed by atoms with E-state index in [9.17, 15) is 9.90 Å². The molecule has 0 radical (unpaired) electrons. The van der Waals surface area contributed by atoms with Crippen LogP contribution < -0.4 is 0 Å². The first-order valence-corrected chi connectivity index (χ1v) is 19.8. The molecule has 0 aliphatic heterocycles. The van der Waals surface area contributed by atoms with E-state index in [0.29, 0.717) is 41.6 Å². The standard InChI is InChI=1S/C42H66O3/c1-26-10-17-42(36(44)45-21-20-41-16-11-29-22-28(24-41)23-30(29)25-41)19-18-39(6)31(35(42)27(26)2)8-9-33-38(5)14-13-34(43)37(3,4)32(38)12-15-40(33,39)7/h8,26-30,32-35,43H,9-25H2,1-7H3/t26-,27+,28?,29?,30?,32+,33-,34+,35+,38+,39-,40-,41?,42+/m1/s1. The summed E-state index contributed by atoms with van der Waals surface area (Å²) in [6.45, 7) is 18.2. The lowest BCUT2D eigenvalue weighted by atomic mass is 9.33. The van der Waals surface area contributed by atoms with Crippen LogP contribution in [0.1, 0.15) is 151 Å². The van der Waals surface area contributed by atoms with Crippen LogP contribution in [-0.2, 0) is 9.53 Å². The van der Waals surface area contributed by atoms with Crippen LogP contribution in [-0.4, -0.2) is 23.8 Å². The number of fused-ring (bicyclic) bond motifs is 9. The Hall–Kier alpha value is -0.830. The van der Waals surface area contributed by atoms with Crippen LogP contribution in [0, 0.1) is 79.8 Å².